The van der Waals surface area contributed by atoms with E-state index in [9.17, 15) is 13.2 Å². The molecule has 0 saturated carbocycles. The number of ether oxygens (including phenoxy) is 1. The summed E-state index contributed by atoms with van der Waals surface area (Å²) >= 11 is 0. The van der Waals surface area contributed by atoms with Crippen molar-refractivity contribution >= 4 is 15.9 Å². The fraction of sp³-hybridized carbons (Fsp3) is 0.611. The highest BCUT2D eigenvalue weighted by molar-refractivity contribution is 7.89. The largest absolute Gasteiger partial charge is 0.379 e. The number of amides is 1. The number of carbonyl (C=O) groups is 1. The Bertz CT molecular complexity index is 695. The van der Waals surface area contributed by atoms with Crippen molar-refractivity contribution in [3.05, 3.63) is 29.3 Å². The first-order valence-corrected chi connectivity index (χ1v) is 10.2. The van der Waals surface area contributed by atoms with Gasteiger partial charge in [-0.25, -0.2) is 8.42 Å². The lowest BCUT2D eigenvalue weighted by atomic mass is 10.1. The van der Waals surface area contributed by atoms with Gasteiger partial charge in [0.15, 0.2) is 0 Å². The molecule has 0 spiro atoms. The molecule has 1 heterocycles. The normalized spacial score (nSPS) is 16.2. The molecule has 0 unspecified atom stereocenters. The van der Waals surface area contributed by atoms with Gasteiger partial charge in [-0.3, -0.25) is 4.79 Å². The second kappa shape index (κ2) is 8.78. The minimum absolute atomic E-state index is 0.198. The lowest BCUT2D eigenvalue weighted by Crippen LogP contribution is -2.41. The van der Waals surface area contributed by atoms with E-state index in [2.05, 4.69) is 19.2 Å². The number of hydrogen-bond donors (Lipinski definition) is 1. The van der Waals surface area contributed by atoms with Crippen LogP contribution in [0.2, 0.25) is 0 Å². The molecule has 1 saturated heterocycles. The Morgan fingerprint density at radius 2 is 1.96 bits per heavy atom. The van der Waals surface area contributed by atoms with Gasteiger partial charge in [0.05, 0.1) is 18.1 Å². The van der Waals surface area contributed by atoms with Crippen molar-refractivity contribution < 1.29 is 17.9 Å². The number of hydrogen-bond acceptors (Lipinski definition) is 4. The maximum absolute atomic E-state index is 12.9. The Balaban J connectivity index is 2.12. The van der Waals surface area contributed by atoms with E-state index in [4.69, 9.17) is 4.74 Å². The zero-order valence-electron chi connectivity index (χ0n) is 15.2. The zero-order valence-corrected chi connectivity index (χ0v) is 16.1. The van der Waals surface area contributed by atoms with Crippen LogP contribution in [-0.2, 0) is 14.8 Å². The first kappa shape index (κ1) is 19.9. The number of carbonyl (C=O) groups excluding carboxylic acids is 1. The predicted molar refractivity (Wildman–Crippen MR) is 97.2 cm³/mol. The third kappa shape index (κ3) is 5.26. The molecule has 1 aromatic carbocycles. The van der Waals surface area contributed by atoms with Crippen molar-refractivity contribution in [3.8, 4) is 0 Å². The predicted octanol–water partition coefficient (Wildman–Crippen LogP) is 2.18. The van der Waals surface area contributed by atoms with Gasteiger partial charge >= 0.3 is 0 Å². The quantitative estimate of drug-likeness (QED) is 0.749. The fourth-order valence-electron chi connectivity index (χ4n) is 2.76. The van der Waals surface area contributed by atoms with E-state index < -0.39 is 10.0 Å². The Hall–Kier alpha value is -1.44. The van der Waals surface area contributed by atoms with Crippen LogP contribution >= 0.6 is 0 Å². The highest BCUT2D eigenvalue weighted by Gasteiger charge is 2.28. The number of sulfonamides is 1. The Morgan fingerprint density at radius 1 is 1.28 bits per heavy atom. The number of nitrogens with zero attached hydrogens (tertiary/aromatic N) is 1. The molecule has 0 radical (unpaired) electrons. The van der Waals surface area contributed by atoms with E-state index in [0.29, 0.717) is 49.9 Å². The number of rotatable bonds is 7. The van der Waals surface area contributed by atoms with E-state index >= 15 is 0 Å². The summed E-state index contributed by atoms with van der Waals surface area (Å²) in [5.74, 6) is 0.365. The lowest BCUT2D eigenvalue weighted by molar-refractivity contribution is 0.0730. The van der Waals surface area contributed by atoms with Crippen molar-refractivity contribution in [3.63, 3.8) is 0 Å². The molecule has 1 aromatic rings. The van der Waals surface area contributed by atoms with E-state index in [1.807, 2.05) is 0 Å². The summed E-state index contributed by atoms with van der Waals surface area (Å²) in [5.41, 5.74) is 1.02. The van der Waals surface area contributed by atoms with Gasteiger partial charge in [0, 0.05) is 25.2 Å². The highest BCUT2D eigenvalue weighted by Crippen LogP contribution is 2.22. The van der Waals surface area contributed by atoms with Crippen LogP contribution in [0.3, 0.4) is 0 Å². The Morgan fingerprint density at radius 3 is 2.60 bits per heavy atom. The van der Waals surface area contributed by atoms with E-state index in [1.165, 1.54) is 10.4 Å². The minimum atomic E-state index is -3.61. The molecule has 0 atom stereocenters. The van der Waals surface area contributed by atoms with Crippen LogP contribution in [0.5, 0.6) is 0 Å². The molecule has 1 aliphatic rings. The van der Waals surface area contributed by atoms with Gasteiger partial charge in [0.2, 0.25) is 10.0 Å². The van der Waals surface area contributed by atoms with Crippen molar-refractivity contribution in [2.75, 3.05) is 32.8 Å². The maximum Gasteiger partial charge on any atom is 0.251 e. The molecule has 1 N–H and O–H groups in total. The molecule has 1 fully saturated rings. The Kier molecular flexibility index (Phi) is 6.98. The van der Waals surface area contributed by atoms with Crippen LogP contribution in [0.15, 0.2) is 23.1 Å². The van der Waals surface area contributed by atoms with Crippen LogP contribution in [0.1, 0.15) is 42.6 Å². The molecule has 0 aliphatic carbocycles. The second-order valence-electron chi connectivity index (χ2n) is 6.79. The number of morpholine rings is 1. The molecule has 6 nitrogen and oxygen atoms in total. The lowest BCUT2D eigenvalue weighted by Gasteiger charge is -2.26. The summed E-state index contributed by atoms with van der Waals surface area (Å²) < 4.78 is 32.4. The summed E-state index contributed by atoms with van der Waals surface area (Å²) in [7, 11) is -3.61. The van der Waals surface area contributed by atoms with E-state index in [0.717, 1.165) is 12.8 Å². The molecular formula is C18H28N2O4S. The first-order valence-electron chi connectivity index (χ1n) is 8.79. The van der Waals surface area contributed by atoms with Crippen molar-refractivity contribution in [2.24, 2.45) is 5.92 Å². The smallest absolute Gasteiger partial charge is 0.251 e. The maximum atomic E-state index is 12.9. The fourth-order valence-corrected chi connectivity index (χ4v) is 4.42. The number of aryl methyl sites for hydroxylation is 1. The molecule has 1 aliphatic heterocycles. The summed E-state index contributed by atoms with van der Waals surface area (Å²) in [5, 5.41) is 2.86. The van der Waals surface area contributed by atoms with Gasteiger partial charge in [0.25, 0.3) is 5.91 Å². The molecule has 2 rings (SSSR count). The van der Waals surface area contributed by atoms with Crippen LogP contribution in [-0.4, -0.2) is 51.5 Å². The van der Waals surface area contributed by atoms with Crippen molar-refractivity contribution in [1.29, 1.82) is 0 Å². The van der Waals surface area contributed by atoms with Gasteiger partial charge < -0.3 is 10.1 Å². The Labute approximate surface area is 150 Å². The molecule has 140 valence electrons. The van der Waals surface area contributed by atoms with Crippen molar-refractivity contribution in [1.82, 2.24) is 9.62 Å². The van der Waals surface area contributed by atoms with Gasteiger partial charge in [-0.2, -0.15) is 4.31 Å². The number of benzene rings is 1. The minimum Gasteiger partial charge on any atom is -0.379 e. The van der Waals surface area contributed by atoms with Crippen LogP contribution in [0.4, 0.5) is 0 Å². The van der Waals surface area contributed by atoms with Crippen molar-refractivity contribution in [2.45, 2.75) is 38.5 Å². The monoisotopic (exact) mass is 368 g/mol. The van der Waals surface area contributed by atoms with E-state index in [-0.39, 0.29) is 10.8 Å². The molecule has 0 bridgehead atoms. The van der Waals surface area contributed by atoms with Gasteiger partial charge in [-0.15, -0.1) is 0 Å². The zero-order chi connectivity index (χ0) is 18.4. The molecular weight excluding hydrogens is 340 g/mol. The molecule has 0 aromatic heterocycles. The van der Waals surface area contributed by atoms with Crippen LogP contribution in [0.25, 0.3) is 0 Å². The summed E-state index contributed by atoms with van der Waals surface area (Å²) in [6.07, 6.45) is 1.96. The average Bonchev–Trinajstić information content (AvgIpc) is 2.59. The SMILES string of the molecule is Cc1ccc(C(=O)NCCCC(C)C)cc1S(=O)(=O)N1CCOCC1. The standard InChI is InChI=1S/C18H28N2O4S/c1-14(2)5-4-8-19-18(21)16-7-6-15(3)17(13-16)25(22,23)20-9-11-24-12-10-20/h6-7,13-14H,4-5,8-12H2,1-3H3,(H,19,21). The first-order chi connectivity index (χ1) is 11.8. The topological polar surface area (TPSA) is 75.7 Å². The summed E-state index contributed by atoms with van der Waals surface area (Å²) in [6.45, 7) is 8.10. The summed E-state index contributed by atoms with van der Waals surface area (Å²) in [4.78, 5) is 12.5. The number of nitrogens with one attached hydrogen (secondary N) is 1. The van der Waals surface area contributed by atoms with Gasteiger partial charge in [-0.05, 0) is 43.4 Å². The average molecular weight is 368 g/mol. The third-order valence-electron chi connectivity index (χ3n) is 4.28. The summed E-state index contributed by atoms with van der Waals surface area (Å²) in [6, 6.07) is 4.85. The van der Waals surface area contributed by atoms with E-state index in [1.54, 1.807) is 19.1 Å². The molecule has 1 amide bonds. The second-order valence-corrected chi connectivity index (χ2v) is 8.70. The third-order valence-corrected chi connectivity index (χ3v) is 6.32. The van der Waals surface area contributed by atoms with Crippen LogP contribution < -0.4 is 5.32 Å². The molecule has 25 heavy (non-hydrogen) atoms. The van der Waals surface area contributed by atoms with Gasteiger partial charge in [-0.1, -0.05) is 19.9 Å². The molecule has 7 heteroatoms. The highest BCUT2D eigenvalue weighted by atomic mass is 32.2. The van der Waals surface area contributed by atoms with Crippen LogP contribution in [0, 0.1) is 12.8 Å². The van der Waals surface area contributed by atoms with Gasteiger partial charge in [0.1, 0.15) is 0 Å².